The van der Waals surface area contributed by atoms with Gasteiger partial charge < -0.3 is 0 Å². The van der Waals surface area contributed by atoms with E-state index in [0.29, 0.717) is 5.56 Å². The van der Waals surface area contributed by atoms with Gasteiger partial charge in [0.1, 0.15) is 0 Å². The molecule has 0 aliphatic carbocycles. The molecule has 2 aromatic carbocycles. The summed E-state index contributed by atoms with van der Waals surface area (Å²) < 4.78 is 11.1. The molecule has 88 valence electrons. The highest BCUT2D eigenvalue weighted by atomic mass is 35.9. The van der Waals surface area contributed by atoms with Crippen molar-refractivity contribution in [1.29, 1.82) is 0 Å². The Hall–Kier alpha value is -1.02. The standard InChI is InChI=1S/C11H8Cl2NO2P/c12-17(13,16)14-11(15)10-6-5-8-3-1-2-4-9(8)7-10/h1-7H,(H,14,15,16). The highest BCUT2D eigenvalue weighted by molar-refractivity contribution is 8.07. The molecule has 0 aliphatic rings. The fraction of sp³-hybridized carbons (Fsp3) is 0. The van der Waals surface area contributed by atoms with Crippen molar-refractivity contribution in [1.82, 2.24) is 5.09 Å². The minimum atomic E-state index is -3.60. The molecule has 0 heterocycles. The van der Waals surface area contributed by atoms with Gasteiger partial charge in [-0.3, -0.25) is 14.4 Å². The van der Waals surface area contributed by atoms with Gasteiger partial charge in [-0.1, -0.05) is 30.3 Å². The topological polar surface area (TPSA) is 46.2 Å². The lowest BCUT2D eigenvalue weighted by molar-refractivity contribution is 0.0982. The number of carbonyl (C=O) groups is 1. The predicted octanol–water partition coefficient (Wildman–Crippen LogP) is 4.16. The van der Waals surface area contributed by atoms with Crippen LogP contribution in [0.15, 0.2) is 42.5 Å². The van der Waals surface area contributed by atoms with Gasteiger partial charge in [0.15, 0.2) is 0 Å². The normalized spacial score (nSPS) is 11.4. The fourth-order valence-electron chi connectivity index (χ4n) is 1.51. The van der Waals surface area contributed by atoms with Crippen molar-refractivity contribution in [3.05, 3.63) is 48.0 Å². The van der Waals surface area contributed by atoms with Gasteiger partial charge in [0.25, 0.3) is 5.91 Å². The van der Waals surface area contributed by atoms with E-state index >= 15 is 0 Å². The molecule has 0 aliphatic heterocycles. The second-order valence-electron chi connectivity index (χ2n) is 3.47. The van der Waals surface area contributed by atoms with Gasteiger partial charge in [-0.05, 0) is 45.4 Å². The summed E-state index contributed by atoms with van der Waals surface area (Å²) in [5, 5.41) is 3.98. The number of halogens is 2. The zero-order valence-corrected chi connectivity index (χ0v) is 11.0. The number of rotatable bonds is 2. The molecule has 1 amide bonds. The van der Waals surface area contributed by atoms with Crippen molar-refractivity contribution in [3.63, 3.8) is 0 Å². The molecule has 0 radical (unpaired) electrons. The third kappa shape index (κ3) is 3.22. The minimum Gasteiger partial charge on any atom is -0.279 e. The summed E-state index contributed by atoms with van der Waals surface area (Å²) in [6, 6.07) is 12.7. The Bertz CT molecular complexity index is 624. The van der Waals surface area contributed by atoms with Crippen molar-refractivity contribution in [3.8, 4) is 0 Å². The molecule has 0 atom stereocenters. The lowest BCUT2D eigenvalue weighted by Crippen LogP contribution is -2.16. The van der Waals surface area contributed by atoms with E-state index in [4.69, 9.17) is 22.5 Å². The molecule has 0 saturated carbocycles. The van der Waals surface area contributed by atoms with Gasteiger partial charge >= 0.3 is 6.00 Å². The Labute approximate surface area is 108 Å². The maximum atomic E-state index is 11.7. The number of carbonyl (C=O) groups excluding carboxylic acids is 1. The van der Waals surface area contributed by atoms with E-state index in [9.17, 15) is 9.36 Å². The van der Waals surface area contributed by atoms with E-state index in [-0.39, 0.29) is 0 Å². The van der Waals surface area contributed by atoms with E-state index in [0.717, 1.165) is 10.8 Å². The summed E-state index contributed by atoms with van der Waals surface area (Å²) in [7, 11) is 0. The third-order valence-electron chi connectivity index (χ3n) is 2.24. The van der Waals surface area contributed by atoms with E-state index in [1.807, 2.05) is 29.4 Å². The van der Waals surface area contributed by atoms with Crippen molar-refractivity contribution in [2.24, 2.45) is 0 Å². The summed E-state index contributed by atoms with van der Waals surface area (Å²) in [6.45, 7) is 0. The second-order valence-corrected chi connectivity index (χ2v) is 7.99. The van der Waals surface area contributed by atoms with Crippen LogP contribution in [0.1, 0.15) is 10.4 Å². The molecular weight excluding hydrogens is 280 g/mol. The molecule has 3 nitrogen and oxygen atoms in total. The highest BCUT2D eigenvalue weighted by Gasteiger charge is 2.18. The fourth-order valence-corrected chi connectivity index (χ4v) is 2.34. The van der Waals surface area contributed by atoms with E-state index < -0.39 is 11.9 Å². The number of amides is 1. The SMILES string of the molecule is O=C(NP(=O)(Cl)Cl)c1ccc2ccccc2c1. The first kappa shape index (κ1) is 12.4. The first-order valence-corrected chi connectivity index (χ1v) is 8.28. The lowest BCUT2D eigenvalue weighted by Gasteiger charge is -2.06. The highest BCUT2D eigenvalue weighted by Crippen LogP contribution is 2.52. The van der Waals surface area contributed by atoms with Gasteiger partial charge in [-0.15, -0.1) is 0 Å². The number of fused-ring (bicyclic) bond motifs is 1. The smallest absolute Gasteiger partial charge is 0.279 e. The first-order valence-electron chi connectivity index (χ1n) is 4.76. The largest absolute Gasteiger partial charge is 0.345 e. The van der Waals surface area contributed by atoms with Crippen LogP contribution in [-0.2, 0) is 4.57 Å². The molecule has 0 saturated heterocycles. The van der Waals surface area contributed by atoms with Gasteiger partial charge in [0, 0.05) is 5.56 Å². The van der Waals surface area contributed by atoms with Crippen LogP contribution in [0.5, 0.6) is 0 Å². The van der Waals surface area contributed by atoms with Crippen LogP contribution in [0.2, 0.25) is 0 Å². The maximum absolute atomic E-state index is 11.7. The minimum absolute atomic E-state index is 0.366. The molecule has 2 rings (SSSR count). The van der Waals surface area contributed by atoms with Crippen LogP contribution in [0.3, 0.4) is 0 Å². The quantitative estimate of drug-likeness (QED) is 0.843. The second kappa shape index (κ2) is 4.69. The van der Waals surface area contributed by atoms with Crippen LogP contribution in [0.25, 0.3) is 10.8 Å². The van der Waals surface area contributed by atoms with Gasteiger partial charge in [-0.25, -0.2) is 0 Å². The van der Waals surface area contributed by atoms with Gasteiger partial charge in [-0.2, -0.15) is 0 Å². The molecule has 17 heavy (non-hydrogen) atoms. The molecule has 0 bridgehead atoms. The molecule has 0 spiro atoms. The Morgan fingerprint density at radius 2 is 1.71 bits per heavy atom. The first-order chi connectivity index (χ1) is 7.96. The third-order valence-corrected chi connectivity index (χ3v) is 3.21. The molecular formula is C11H8Cl2NO2P. The average Bonchev–Trinajstić information content (AvgIpc) is 2.26. The Morgan fingerprint density at radius 3 is 2.35 bits per heavy atom. The monoisotopic (exact) mass is 287 g/mol. The van der Waals surface area contributed by atoms with Crippen molar-refractivity contribution in [2.75, 3.05) is 0 Å². The molecule has 6 heteroatoms. The van der Waals surface area contributed by atoms with Crippen LogP contribution in [0, 0.1) is 0 Å². The molecule has 2 aromatic rings. The molecule has 0 fully saturated rings. The molecule has 0 aromatic heterocycles. The van der Waals surface area contributed by atoms with Crippen molar-refractivity contribution in [2.45, 2.75) is 0 Å². The zero-order valence-electron chi connectivity index (χ0n) is 8.56. The Balaban J connectivity index is 2.37. The number of hydrogen-bond acceptors (Lipinski definition) is 2. The number of hydrogen-bond donors (Lipinski definition) is 1. The maximum Gasteiger partial charge on any atom is 0.345 e. The van der Waals surface area contributed by atoms with Crippen molar-refractivity contribution < 1.29 is 9.36 Å². The van der Waals surface area contributed by atoms with Crippen LogP contribution < -0.4 is 5.09 Å². The summed E-state index contributed by atoms with van der Waals surface area (Å²) in [4.78, 5) is 11.7. The summed E-state index contributed by atoms with van der Waals surface area (Å²) in [5.74, 6) is -4.15. The number of nitrogens with one attached hydrogen (secondary N) is 1. The summed E-state index contributed by atoms with van der Waals surface area (Å²) in [6.07, 6.45) is 0. The van der Waals surface area contributed by atoms with Crippen LogP contribution in [-0.4, -0.2) is 5.91 Å². The summed E-state index contributed by atoms with van der Waals surface area (Å²) >= 11 is 10.6. The molecule has 1 N–H and O–H groups in total. The average molecular weight is 288 g/mol. The summed E-state index contributed by atoms with van der Waals surface area (Å²) in [5.41, 5.74) is 0.366. The van der Waals surface area contributed by atoms with E-state index in [1.54, 1.807) is 18.2 Å². The predicted molar refractivity (Wildman–Crippen MR) is 70.7 cm³/mol. The molecule has 0 unspecified atom stereocenters. The number of benzene rings is 2. The Kier molecular flexibility index (Phi) is 3.43. The van der Waals surface area contributed by atoms with Crippen molar-refractivity contribution >= 4 is 45.2 Å². The van der Waals surface area contributed by atoms with Crippen LogP contribution in [0.4, 0.5) is 0 Å². The van der Waals surface area contributed by atoms with Gasteiger partial charge in [0.2, 0.25) is 0 Å². The van der Waals surface area contributed by atoms with Crippen LogP contribution >= 0.6 is 28.5 Å². The Morgan fingerprint density at radius 1 is 1.06 bits per heavy atom. The van der Waals surface area contributed by atoms with Gasteiger partial charge in [0.05, 0.1) is 0 Å². The van der Waals surface area contributed by atoms with E-state index in [1.165, 1.54) is 0 Å². The lowest BCUT2D eigenvalue weighted by atomic mass is 10.1. The zero-order chi connectivity index (χ0) is 12.5. The van der Waals surface area contributed by atoms with E-state index in [2.05, 4.69) is 0 Å².